The molecule has 3 aromatic rings. The van der Waals surface area contributed by atoms with Crippen molar-refractivity contribution >= 4 is 23.2 Å². The fourth-order valence-electron chi connectivity index (χ4n) is 4.35. The molecule has 1 fully saturated rings. The highest BCUT2D eigenvalue weighted by atomic mass is 19.4. The first-order valence-corrected chi connectivity index (χ1v) is 10.4. The number of urea groups is 1. The van der Waals surface area contributed by atoms with Gasteiger partial charge < -0.3 is 10.2 Å². The number of amides is 2. The second-order valence-corrected chi connectivity index (χ2v) is 8.02. The predicted octanol–water partition coefficient (Wildman–Crippen LogP) is 5.32. The number of aromatic nitrogens is 2. The molecule has 1 aromatic carbocycles. The van der Waals surface area contributed by atoms with Crippen LogP contribution in [-0.4, -0.2) is 35.1 Å². The summed E-state index contributed by atoms with van der Waals surface area (Å²) in [6.45, 7) is 1.40. The van der Waals surface area contributed by atoms with Gasteiger partial charge in [-0.05, 0) is 43.2 Å². The summed E-state index contributed by atoms with van der Waals surface area (Å²) < 4.78 is 53.7. The van der Waals surface area contributed by atoms with E-state index in [9.17, 15) is 22.4 Å². The number of fused-ring (bicyclic) bond motifs is 4. The van der Waals surface area contributed by atoms with Crippen molar-refractivity contribution in [2.45, 2.75) is 25.1 Å². The maximum Gasteiger partial charge on any atom is 0.416 e. The molecule has 4 heterocycles. The summed E-state index contributed by atoms with van der Waals surface area (Å²) in [6, 6.07) is 8.95. The molecule has 2 aliphatic rings. The van der Waals surface area contributed by atoms with Crippen LogP contribution in [0.25, 0.3) is 11.3 Å². The van der Waals surface area contributed by atoms with Crippen molar-refractivity contribution in [3.63, 3.8) is 0 Å². The van der Waals surface area contributed by atoms with E-state index >= 15 is 0 Å². The predicted molar refractivity (Wildman–Crippen MR) is 116 cm³/mol. The van der Waals surface area contributed by atoms with Crippen LogP contribution in [0.1, 0.15) is 18.4 Å². The van der Waals surface area contributed by atoms with Crippen LogP contribution in [0, 0.1) is 5.82 Å². The van der Waals surface area contributed by atoms with Gasteiger partial charge in [0, 0.05) is 24.8 Å². The van der Waals surface area contributed by atoms with Crippen molar-refractivity contribution in [3.8, 4) is 11.3 Å². The van der Waals surface area contributed by atoms with Crippen LogP contribution < -0.4 is 15.1 Å². The van der Waals surface area contributed by atoms with Crippen molar-refractivity contribution in [2.75, 3.05) is 28.2 Å². The molecule has 0 aliphatic carbocycles. The normalized spacial score (nSPS) is 17.5. The molecule has 10 heteroatoms. The number of benzene rings is 1. The minimum Gasteiger partial charge on any atom is -0.366 e. The Kier molecular flexibility index (Phi) is 5.15. The number of nitrogens with one attached hydrogen (secondary N) is 1. The SMILES string of the molecule is O=C(Nc1ccncc1F)N1c2nc(-c3cccc(C(F)(F)F)c3)ccc2N2CCC[C@H]1C2. The van der Waals surface area contributed by atoms with Gasteiger partial charge in [0.25, 0.3) is 0 Å². The van der Waals surface area contributed by atoms with Crippen molar-refractivity contribution in [1.82, 2.24) is 9.97 Å². The Bertz CT molecular complexity index is 1220. The fraction of sp³-hybridized carbons (Fsp3) is 0.261. The summed E-state index contributed by atoms with van der Waals surface area (Å²) >= 11 is 0. The molecule has 0 spiro atoms. The van der Waals surface area contributed by atoms with Crippen molar-refractivity contribution < 1.29 is 22.4 Å². The van der Waals surface area contributed by atoms with E-state index in [1.807, 2.05) is 0 Å². The highest BCUT2D eigenvalue weighted by molar-refractivity contribution is 6.04. The van der Waals surface area contributed by atoms with E-state index in [1.54, 1.807) is 18.2 Å². The molecule has 0 radical (unpaired) electrons. The lowest BCUT2D eigenvalue weighted by atomic mass is 9.99. The topological polar surface area (TPSA) is 61.4 Å². The van der Waals surface area contributed by atoms with Gasteiger partial charge in [0.1, 0.15) is 0 Å². The number of alkyl halides is 3. The Morgan fingerprint density at radius 1 is 1.15 bits per heavy atom. The third-order valence-corrected chi connectivity index (χ3v) is 5.90. The molecule has 2 bridgehead atoms. The van der Waals surface area contributed by atoms with Crippen molar-refractivity contribution in [1.29, 1.82) is 0 Å². The number of carbonyl (C=O) groups is 1. The number of piperidine rings is 1. The Labute approximate surface area is 186 Å². The van der Waals surface area contributed by atoms with Gasteiger partial charge in [0.15, 0.2) is 11.6 Å². The molecule has 2 amide bonds. The fourth-order valence-corrected chi connectivity index (χ4v) is 4.35. The van der Waals surface area contributed by atoms with E-state index in [1.165, 1.54) is 23.2 Å². The highest BCUT2D eigenvalue weighted by Crippen LogP contribution is 2.40. The summed E-state index contributed by atoms with van der Waals surface area (Å²) in [5.74, 6) is -0.327. The Morgan fingerprint density at radius 3 is 2.79 bits per heavy atom. The lowest BCUT2D eigenvalue weighted by Gasteiger charge is -2.45. The third kappa shape index (κ3) is 3.96. The Hall–Kier alpha value is -3.69. The zero-order valence-corrected chi connectivity index (χ0v) is 17.3. The minimum atomic E-state index is -4.48. The van der Waals surface area contributed by atoms with Gasteiger partial charge in [-0.2, -0.15) is 13.2 Å². The van der Waals surface area contributed by atoms with Crippen LogP contribution in [0.15, 0.2) is 54.9 Å². The molecule has 170 valence electrons. The number of rotatable bonds is 2. The van der Waals surface area contributed by atoms with E-state index in [2.05, 4.69) is 20.2 Å². The van der Waals surface area contributed by atoms with Crippen molar-refractivity contribution in [2.24, 2.45) is 0 Å². The van der Waals surface area contributed by atoms with Gasteiger partial charge in [0.2, 0.25) is 0 Å². The van der Waals surface area contributed by atoms with Crippen LogP contribution in [0.3, 0.4) is 0 Å². The minimum absolute atomic E-state index is 0.0103. The van der Waals surface area contributed by atoms with Gasteiger partial charge in [0.05, 0.1) is 34.9 Å². The smallest absolute Gasteiger partial charge is 0.366 e. The summed E-state index contributed by atoms with van der Waals surface area (Å²) in [6.07, 6.45) is -0.501. The van der Waals surface area contributed by atoms with Crippen LogP contribution in [0.4, 0.5) is 39.5 Å². The average molecular weight is 457 g/mol. The monoisotopic (exact) mass is 457 g/mol. The average Bonchev–Trinajstić information content (AvgIpc) is 2.80. The number of nitrogens with zero attached hydrogens (tertiary/aromatic N) is 4. The number of anilines is 3. The highest BCUT2D eigenvalue weighted by Gasteiger charge is 2.38. The molecule has 2 aromatic heterocycles. The van der Waals surface area contributed by atoms with E-state index in [0.717, 1.165) is 37.7 Å². The summed E-state index contributed by atoms with van der Waals surface area (Å²) in [7, 11) is 0. The number of pyridine rings is 2. The second kappa shape index (κ2) is 8.02. The zero-order chi connectivity index (χ0) is 23.2. The first kappa shape index (κ1) is 21.2. The lowest BCUT2D eigenvalue weighted by Crippen LogP contribution is -2.56. The summed E-state index contributed by atoms with van der Waals surface area (Å²) in [5, 5.41) is 2.58. The molecule has 33 heavy (non-hydrogen) atoms. The molecule has 0 unspecified atom stereocenters. The van der Waals surface area contributed by atoms with Crippen molar-refractivity contribution in [3.05, 3.63) is 66.2 Å². The Morgan fingerprint density at radius 2 is 2.00 bits per heavy atom. The van der Waals surface area contributed by atoms with Gasteiger partial charge in [-0.25, -0.2) is 14.2 Å². The van der Waals surface area contributed by atoms with Gasteiger partial charge in [-0.3, -0.25) is 9.88 Å². The van der Waals surface area contributed by atoms with E-state index < -0.39 is 23.6 Å². The van der Waals surface area contributed by atoms with Crippen LogP contribution >= 0.6 is 0 Å². The molecule has 1 N–H and O–H groups in total. The van der Waals surface area contributed by atoms with E-state index in [4.69, 9.17) is 0 Å². The lowest BCUT2D eigenvalue weighted by molar-refractivity contribution is -0.137. The number of hydrogen-bond donors (Lipinski definition) is 1. The van der Waals surface area contributed by atoms with Crippen LogP contribution in [0.2, 0.25) is 0 Å². The maximum atomic E-state index is 14.1. The van der Waals surface area contributed by atoms with E-state index in [0.29, 0.717) is 29.3 Å². The Balaban J connectivity index is 1.55. The second-order valence-electron chi connectivity index (χ2n) is 8.02. The summed E-state index contributed by atoms with van der Waals surface area (Å²) in [5.41, 5.74) is 0.534. The van der Waals surface area contributed by atoms with Gasteiger partial charge >= 0.3 is 12.2 Å². The molecular formula is C23H19F4N5O. The first-order valence-electron chi connectivity index (χ1n) is 10.4. The largest absolute Gasteiger partial charge is 0.416 e. The molecule has 1 atom stereocenters. The first-order chi connectivity index (χ1) is 15.8. The van der Waals surface area contributed by atoms with Crippen LogP contribution in [-0.2, 0) is 6.18 Å². The van der Waals surface area contributed by atoms with Gasteiger partial charge in [-0.1, -0.05) is 12.1 Å². The van der Waals surface area contributed by atoms with Gasteiger partial charge in [-0.15, -0.1) is 0 Å². The standard InChI is InChI=1S/C23H19F4N5O/c24-17-12-28-9-8-19(17)30-22(33)32-16-5-2-10-31(13-16)20-7-6-18(29-21(20)32)14-3-1-4-15(11-14)23(25,26)27/h1,3-4,6-9,11-12,16H,2,5,10,13H2,(H,28,30,33)/t16-/m0/s1. The number of hydrogen-bond acceptors (Lipinski definition) is 4. The summed E-state index contributed by atoms with van der Waals surface area (Å²) in [4.78, 5) is 25.1. The molecule has 6 nitrogen and oxygen atoms in total. The maximum absolute atomic E-state index is 14.1. The molecule has 1 saturated heterocycles. The number of carbonyl (C=O) groups excluding carboxylic acids is 1. The third-order valence-electron chi connectivity index (χ3n) is 5.90. The molecule has 2 aliphatic heterocycles. The molecular weight excluding hydrogens is 438 g/mol. The molecule has 5 rings (SSSR count). The quantitative estimate of drug-likeness (QED) is 0.529. The van der Waals surface area contributed by atoms with E-state index in [-0.39, 0.29) is 11.7 Å². The van der Waals surface area contributed by atoms with Crippen LogP contribution in [0.5, 0.6) is 0 Å². The number of halogens is 4. The molecule has 0 saturated carbocycles. The zero-order valence-electron chi connectivity index (χ0n) is 17.3.